The number of likely N-dealkylation sites (tertiary alicyclic amines) is 1. The quantitative estimate of drug-likeness (QED) is 0.805. The maximum absolute atomic E-state index is 11.7. The van der Waals surface area contributed by atoms with E-state index in [9.17, 15) is 9.90 Å². The summed E-state index contributed by atoms with van der Waals surface area (Å²) in [4.78, 5) is 17.5. The van der Waals surface area contributed by atoms with Gasteiger partial charge in [0.25, 0.3) is 0 Å². The molecule has 1 aromatic heterocycles. The van der Waals surface area contributed by atoms with Gasteiger partial charge in [-0.3, -0.25) is 9.69 Å². The van der Waals surface area contributed by atoms with Crippen LogP contribution in [0.2, 0.25) is 5.15 Å². The predicted octanol–water partition coefficient (Wildman–Crippen LogP) is 1.13. The summed E-state index contributed by atoms with van der Waals surface area (Å²) in [5.41, 5.74) is -0.109. The van der Waals surface area contributed by atoms with Crippen molar-refractivity contribution in [1.82, 2.24) is 9.88 Å². The SMILES string of the molecule is CCC1(O)CN(CC(=O)Nc2cccnc2Cl)C1. The first-order chi connectivity index (χ1) is 8.52. The Morgan fingerprint density at radius 3 is 3.00 bits per heavy atom. The van der Waals surface area contributed by atoms with Crippen molar-refractivity contribution >= 4 is 23.2 Å². The van der Waals surface area contributed by atoms with Crippen molar-refractivity contribution in [1.29, 1.82) is 0 Å². The lowest BCUT2D eigenvalue weighted by Crippen LogP contribution is -2.62. The van der Waals surface area contributed by atoms with Crippen molar-refractivity contribution in [3.05, 3.63) is 23.5 Å². The van der Waals surface area contributed by atoms with E-state index in [1.54, 1.807) is 18.3 Å². The summed E-state index contributed by atoms with van der Waals surface area (Å²) < 4.78 is 0. The lowest BCUT2D eigenvalue weighted by atomic mass is 9.91. The Kier molecular flexibility index (Phi) is 3.85. The summed E-state index contributed by atoms with van der Waals surface area (Å²) >= 11 is 5.84. The first-order valence-corrected chi connectivity index (χ1v) is 6.25. The van der Waals surface area contributed by atoms with Crippen molar-refractivity contribution in [3.63, 3.8) is 0 Å². The molecule has 0 aromatic carbocycles. The van der Waals surface area contributed by atoms with E-state index in [1.165, 1.54) is 0 Å². The zero-order valence-electron chi connectivity index (χ0n) is 10.2. The zero-order valence-corrected chi connectivity index (χ0v) is 10.9. The molecule has 2 heterocycles. The molecular weight excluding hydrogens is 254 g/mol. The molecule has 0 spiro atoms. The number of pyridine rings is 1. The van der Waals surface area contributed by atoms with Crippen LogP contribution in [0.1, 0.15) is 13.3 Å². The number of aromatic nitrogens is 1. The molecule has 0 atom stereocenters. The van der Waals surface area contributed by atoms with Gasteiger partial charge in [0.15, 0.2) is 5.15 Å². The van der Waals surface area contributed by atoms with Crippen molar-refractivity contribution in [2.75, 3.05) is 25.0 Å². The molecule has 98 valence electrons. The van der Waals surface area contributed by atoms with Gasteiger partial charge in [-0.1, -0.05) is 18.5 Å². The van der Waals surface area contributed by atoms with Crippen molar-refractivity contribution < 1.29 is 9.90 Å². The summed E-state index contributed by atoms with van der Waals surface area (Å²) in [7, 11) is 0. The summed E-state index contributed by atoms with van der Waals surface area (Å²) in [5, 5.41) is 12.8. The fourth-order valence-corrected chi connectivity index (χ4v) is 2.16. The molecule has 0 radical (unpaired) electrons. The minimum Gasteiger partial charge on any atom is -0.387 e. The molecule has 1 saturated heterocycles. The Hall–Kier alpha value is -1.17. The molecular formula is C12H16ClN3O2. The van der Waals surface area contributed by atoms with Gasteiger partial charge in [0.1, 0.15) is 0 Å². The fraction of sp³-hybridized carbons (Fsp3) is 0.500. The second kappa shape index (κ2) is 5.22. The van der Waals surface area contributed by atoms with Gasteiger partial charge in [-0.2, -0.15) is 0 Å². The average Bonchev–Trinajstić information content (AvgIpc) is 2.30. The van der Waals surface area contributed by atoms with E-state index in [0.717, 1.165) is 0 Å². The van der Waals surface area contributed by atoms with Gasteiger partial charge in [-0.25, -0.2) is 4.98 Å². The minimum absolute atomic E-state index is 0.150. The largest absolute Gasteiger partial charge is 0.387 e. The van der Waals surface area contributed by atoms with E-state index >= 15 is 0 Å². The normalized spacial score (nSPS) is 18.2. The Bertz CT molecular complexity index is 447. The number of hydrogen-bond donors (Lipinski definition) is 2. The van der Waals surface area contributed by atoms with Gasteiger partial charge in [0.05, 0.1) is 17.8 Å². The number of anilines is 1. The minimum atomic E-state index is -0.619. The standard InChI is InChI=1S/C12H16ClN3O2/c1-2-12(18)7-16(8-12)6-10(17)15-9-4-3-5-14-11(9)13/h3-5,18H,2,6-8H2,1H3,(H,15,17). The summed E-state index contributed by atoms with van der Waals surface area (Å²) in [5.74, 6) is -0.150. The fourth-order valence-electron chi connectivity index (χ4n) is 1.99. The Morgan fingerprint density at radius 1 is 1.67 bits per heavy atom. The Labute approximate surface area is 111 Å². The second-order valence-corrected chi connectivity index (χ2v) is 4.97. The molecule has 1 fully saturated rings. The number of halogens is 1. The zero-order chi connectivity index (χ0) is 13.2. The van der Waals surface area contributed by atoms with Crippen LogP contribution in [0, 0.1) is 0 Å². The van der Waals surface area contributed by atoms with E-state index in [0.29, 0.717) is 25.2 Å². The number of nitrogens with one attached hydrogen (secondary N) is 1. The maximum Gasteiger partial charge on any atom is 0.238 e. The molecule has 1 amide bonds. The first kappa shape index (κ1) is 13.3. The van der Waals surface area contributed by atoms with Crippen LogP contribution in [-0.2, 0) is 4.79 Å². The van der Waals surface area contributed by atoms with Crippen LogP contribution >= 0.6 is 11.6 Å². The van der Waals surface area contributed by atoms with Crippen LogP contribution in [0.15, 0.2) is 18.3 Å². The predicted molar refractivity (Wildman–Crippen MR) is 69.6 cm³/mol. The van der Waals surface area contributed by atoms with E-state index in [1.807, 2.05) is 11.8 Å². The van der Waals surface area contributed by atoms with Gasteiger partial charge in [0.2, 0.25) is 5.91 Å². The Balaban J connectivity index is 1.82. The second-order valence-electron chi connectivity index (χ2n) is 4.61. The lowest BCUT2D eigenvalue weighted by Gasteiger charge is -2.45. The molecule has 2 rings (SSSR count). The molecule has 0 bridgehead atoms. The molecule has 1 aromatic rings. The molecule has 0 aliphatic carbocycles. The van der Waals surface area contributed by atoms with Gasteiger partial charge in [-0.15, -0.1) is 0 Å². The summed E-state index contributed by atoms with van der Waals surface area (Å²) in [6.45, 7) is 3.27. The van der Waals surface area contributed by atoms with Gasteiger partial charge in [-0.05, 0) is 18.6 Å². The average molecular weight is 270 g/mol. The highest BCUT2D eigenvalue weighted by atomic mass is 35.5. The maximum atomic E-state index is 11.7. The summed E-state index contributed by atoms with van der Waals surface area (Å²) in [6, 6.07) is 3.41. The molecule has 0 saturated carbocycles. The molecule has 18 heavy (non-hydrogen) atoms. The molecule has 1 aliphatic heterocycles. The van der Waals surface area contributed by atoms with E-state index < -0.39 is 5.60 Å². The monoisotopic (exact) mass is 269 g/mol. The third-order valence-electron chi connectivity index (χ3n) is 3.09. The Morgan fingerprint density at radius 2 is 2.39 bits per heavy atom. The van der Waals surface area contributed by atoms with Crippen LogP contribution in [0.4, 0.5) is 5.69 Å². The highest BCUT2D eigenvalue weighted by molar-refractivity contribution is 6.32. The van der Waals surface area contributed by atoms with Crippen LogP contribution in [0.25, 0.3) is 0 Å². The molecule has 2 N–H and O–H groups in total. The highest BCUT2D eigenvalue weighted by Crippen LogP contribution is 2.24. The number of carbonyl (C=O) groups is 1. The van der Waals surface area contributed by atoms with Crippen LogP contribution < -0.4 is 5.32 Å². The number of rotatable bonds is 4. The summed E-state index contributed by atoms with van der Waals surface area (Å²) in [6.07, 6.45) is 2.27. The number of nitrogens with zero attached hydrogens (tertiary/aromatic N) is 2. The van der Waals surface area contributed by atoms with Crippen molar-refractivity contribution in [3.8, 4) is 0 Å². The van der Waals surface area contributed by atoms with E-state index in [-0.39, 0.29) is 17.6 Å². The van der Waals surface area contributed by atoms with Gasteiger partial charge in [0, 0.05) is 19.3 Å². The topological polar surface area (TPSA) is 65.5 Å². The van der Waals surface area contributed by atoms with E-state index in [4.69, 9.17) is 11.6 Å². The van der Waals surface area contributed by atoms with Crippen molar-refractivity contribution in [2.45, 2.75) is 18.9 Å². The van der Waals surface area contributed by atoms with Crippen LogP contribution in [-0.4, -0.2) is 46.1 Å². The molecule has 1 aliphatic rings. The number of carbonyl (C=O) groups excluding carboxylic acids is 1. The van der Waals surface area contributed by atoms with Crippen LogP contribution in [0.5, 0.6) is 0 Å². The van der Waals surface area contributed by atoms with Crippen molar-refractivity contribution in [2.24, 2.45) is 0 Å². The van der Waals surface area contributed by atoms with E-state index in [2.05, 4.69) is 10.3 Å². The first-order valence-electron chi connectivity index (χ1n) is 5.87. The smallest absolute Gasteiger partial charge is 0.238 e. The number of β-amino-alcohol motifs (C(OH)–C–C–N with tert-alkyl or cyclic N) is 1. The van der Waals surface area contributed by atoms with Gasteiger partial charge >= 0.3 is 0 Å². The third-order valence-corrected chi connectivity index (χ3v) is 3.40. The lowest BCUT2D eigenvalue weighted by molar-refractivity contribution is -0.128. The molecule has 0 unspecified atom stereocenters. The number of hydrogen-bond acceptors (Lipinski definition) is 4. The number of amides is 1. The highest BCUT2D eigenvalue weighted by Gasteiger charge is 2.39. The van der Waals surface area contributed by atoms with Gasteiger partial charge < -0.3 is 10.4 Å². The van der Waals surface area contributed by atoms with Crippen LogP contribution in [0.3, 0.4) is 0 Å². The molecule has 5 nitrogen and oxygen atoms in total. The number of aliphatic hydroxyl groups is 1. The third kappa shape index (κ3) is 2.98. The molecule has 6 heteroatoms.